The molecule has 0 saturated carbocycles. The lowest BCUT2D eigenvalue weighted by Gasteiger charge is -2.34. The van der Waals surface area contributed by atoms with Crippen molar-refractivity contribution < 1.29 is 24.2 Å². The van der Waals surface area contributed by atoms with Crippen LogP contribution in [0.4, 0.5) is 4.79 Å². The largest absolute Gasteiger partial charge is 0.508 e. The summed E-state index contributed by atoms with van der Waals surface area (Å²) in [6.07, 6.45) is 3.72. The average Bonchev–Trinajstić information content (AvgIpc) is 2.74. The molecule has 0 aliphatic heterocycles. The summed E-state index contributed by atoms with van der Waals surface area (Å²) in [5.74, 6) is -0.536. The number of unbranched alkanes of at least 4 members (excludes halogenated alkanes) is 3. The molecule has 0 bridgehead atoms. The summed E-state index contributed by atoms with van der Waals surface area (Å²) in [6, 6.07) is 3.15. The van der Waals surface area contributed by atoms with Gasteiger partial charge in [-0.25, -0.2) is 4.79 Å². The number of nitrogens with one attached hydrogen (secondary N) is 2. The maximum atomic E-state index is 13.5. The molecule has 0 fully saturated rings. The van der Waals surface area contributed by atoms with E-state index in [0.717, 1.165) is 25.7 Å². The number of hydrogen-bond acceptors (Lipinski definition) is 5. The molecule has 0 aliphatic rings. The lowest BCUT2D eigenvalue weighted by atomic mass is 10.00. The Morgan fingerprint density at radius 3 is 2.29 bits per heavy atom. The molecule has 3 N–H and O–H groups in total. The predicted molar refractivity (Wildman–Crippen MR) is 134 cm³/mol. The number of benzene rings is 1. The highest BCUT2D eigenvalue weighted by atomic mass is 16.6. The molecule has 2 unspecified atom stereocenters. The minimum Gasteiger partial charge on any atom is -0.508 e. The summed E-state index contributed by atoms with van der Waals surface area (Å²) in [5.41, 5.74) is 0.528. The van der Waals surface area contributed by atoms with E-state index in [-0.39, 0.29) is 17.6 Å². The number of aryl methyl sites for hydroxylation is 1. The molecule has 8 heteroatoms. The smallest absolute Gasteiger partial charge is 0.408 e. The molecule has 34 heavy (non-hydrogen) atoms. The Morgan fingerprint density at radius 1 is 1.09 bits per heavy atom. The number of phenols is 1. The van der Waals surface area contributed by atoms with Crippen LogP contribution in [0.25, 0.3) is 0 Å². The lowest BCUT2D eigenvalue weighted by molar-refractivity contribution is -0.142. The van der Waals surface area contributed by atoms with Gasteiger partial charge in [-0.3, -0.25) is 9.59 Å². The fraction of sp³-hybridized carbons (Fsp3) is 0.654. The standard InChI is InChI=1S/C26H43N3O5/c1-8-10-12-15-27-23(31)22(20-13-14-21(30)18(3)17-20)29(16-11-9-2)24(32)19(4)28-25(33)34-26(5,6)7/h13-14,17,19,22,30H,8-12,15-16H2,1-7H3,(H,27,31)(H,28,33). The number of nitrogens with zero attached hydrogens (tertiary/aromatic N) is 1. The zero-order chi connectivity index (χ0) is 25.9. The highest BCUT2D eigenvalue weighted by molar-refractivity contribution is 5.92. The van der Waals surface area contributed by atoms with E-state index >= 15 is 0 Å². The first-order valence-electron chi connectivity index (χ1n) is 12.3. The molecule has 0 saturated heterocycles. The van der Waals surface area contributed by atoms with Gasteiger partial charge in [-0.05, 0) is 70.7 Å². The van der Waals surface area contributed by atoms with Crippen LogP contribution in [0, 0.1) is 6.92 Å². The van der Waals surface area contributed by atoms with Crippen molar-refractivity contribution in [3.8, 4) is 5.75 Å². The monoisotopic (exact) mass is 477 g/mol. The number of aromatic hydroxyl groups is 1. The van der Waals surface area contributed by atoms with Crippen molar-refractivity contribution in [2.45, 2.75) is 98.3 Å². The SMILES string of the molecule is CCCCCNC(=O)C(c1ccc(O)c(C)c1)N(CCCC)C(=O)C(C)NC(=O)OC(C)(C)C. The van der Waals surface area contributed by atoms with Gasteiger partial charge in [0.05, 0.1) is 0 Å². The minimum absolute atomic E-state index is 0.122. The molecule has 1 aromatic carbocycles. The van der Waals surface area contributed by atoms with Crippen LogP contribution >= 0.6 is 0 Å². The van der Waals surface area contributed by atoms with Crippen LogP contribution in [0.1, 0.15) is 90.8 Å². The number of amides is 3. The Labute approximate surface area is 204 Å². The first-order valence-corrected chi connectivity index (χ1v) is 12.3. The van der Waals surface area contributed by atoms with E-state index in [9.17, 15) is 19.5 Å². The van der Waals surface area contributed by atoms with Crippen LogP contribution in [-0.2, 0) is 14.3 Å². The van der Waals surface area contributed by atoms with Crippen molar-refractivity contribution in [3.05, 3.63) is 29.3 Å². The number of rotatable bonds is 12. The Kier molecular flexibility index (Phi) is 11.9. The van der Waals surface area contributed by atoms with Gasteiger partial charge < -0.3 is 25.4 Å². The van der Waals surface area contributed by atoms with Crippen molar-refractivity contribution in [1.82, 2.24) is 15.5 Å². The van der Waals surface area contributed by atoms with Crippen LogP contribution in [0.2, 0.25) is 0 Å². The fourth-order valence-electron chi connectivity index (χ4n) is 3.49. The highest BCUT2D eigenvalue weighted by Gasteiger charge is 2.34. The van der Waals surface area contributed by atoms with E-state index in [2.05, 4.69) is 17.6 Å². The van der Waals surface area contributed by atoms with Crippen molar-refractivity contribution >= 4 is 17.9 Å². The summed E-state index contributed by atoms with van der Waals surface area (Å²) in [7, 11) is 0. The summed E-state index contributed by atoms with van der Waals surface area (Å²) in [6.45, 7) is 13.5. The second-order valence-corrected chi connectivity index (χ2v) is 9.70. The summed E-state index contributed by atoms with van der Waals surface area (Å²) in [4.78, 5) is 40.7. The minimum atomic E-state index is -0.889. The Morgan fingerprint density at radius 2 is 1.74 bits per heavy atom. The molecule has 0 heterocycles. The number of phenolic OH excluding ortho intramolecular Hbond substituents is 1. The first kappa shape index (κ1) is 29.3. The summed E-state index contributed by atoms with van der Waals surface area (Å²) in [5, 5.41) is 15.6. The zero-order valence-electron chi connectivity index (χ0n) is 21.9. The van der Waals surface area contributed by atoms with Crippen molar-refractivity contribution in [1.29, 1.82) is 0 Å². The molecular weight excluding hydrogens is 434 g/mol. The zero-order valence-corrected chi connectivity index (χ0v) is 21.9. The molecule has 1 rings (SSSR count). The van der Waals surface area contributed by atoms with Crippen molar-refractivity contribution in [2.75, 3.05) is 13.1 Å². The summed E-state index contributed by atoms with van der Waals surface area (Å²) < 4.78 is 5.29. The van der Waals surface area contributed by atoms with Gasteiger partial charge in [0.2, 0.25) is 11.8 Å². The molecule has 0 radical (unpaired) electrons. The van der Waals surface area contributed by atoms with Gasteiger partial charge >= 0.3 is 6.09 Å². The Bertz CT molecular complexity index is 819. The third-order valence-electron chi connectivity index (χ3n) is 5.32. The first-order chi connectivity index (χ1) is 15.9. The maximum Gasteiger partial charge on any atom is 0.408 e. The van der Waals surface area contributed by atoms with E-state index in [1.165, 1.54) is 11.0 Å². The average molecular weight is 478 g/mol. The van der Waals surface area contributed by atoms with E-state index in [4.69, 9.17) is 4.74 Å². The van der Waals surface area contributed by atoms with Gasteiger partial charge in [0.25, 0.3) is 0 Å². The number of carbonyl (C=O) groups excluding carboxylic acids is 3. The molecule has 2 atom stereocenters. The van der Waals surface area contributed by atoms with E-state index in [1.54, 1.807) is 46.8 Å². The number of ether oxygens (including phenoxy) is 1. The van der Waals surface area contributed by atoms with Gasteiger partial charge in [0, 0.05) is 13.1 Å². The molecular formula is C26H43N3O5. The van der Waals surface area contributed by atoms with Gasteiger partial charge in [0.1, 0.15) is 23.4 Å². The molecule has 3 amide bonds. The molecule has 1 aromatic rings. The quantitative estimate of drug-likeness (QED) is 0.382. The third-order valence-corrected chi connectivity index (χ3v) is 5.32. The molecule has 0 aliphatic carbocycles. The van der Waals surface area contributed by atoms with Gasteiger partial charge in [-0.15, -0.1) is 0 Å². The fourth-order valence-corrected chi connectivity index (χ4v) is 3.49. The second-order valence-electron chi connectivity index (χ2n) is 9.70. The second kappa shape index (κ2) is 13.8. The van der Waals surface area contributed by atoms with E-state index in [1.807, 2.05) is 6.92 Å². The Balaban J connectivity index is 3.26. The van der Waals surface area contributed by atoms with Crippen LogP contribution < -0.4 is 10.6 Å². The molecule has 0 spiro atoms. The van der Waals surface area contributed by atoms with Crippen molar-refractivity contribution in [3.63, 3.8) is 0 Å². The molecule has 8 nitrogen and oxygen atoms in total. The number of alkyl carbamates (subject to hydrolysis) is 1. The van der Waals surface area contributed by atoms with Gasteiger partial charge in [-0.1, -0.05) is 39.2 Å². The van der Waals surface area contributed by atoms with Crippen LogP contribution in [0.15, 0.2) is 18.2 Å². The van der Waals surface area contributed by atoms with Crippen molar-refractivity contribution in [2.24, 2.45) is 0 Å². The third kappa shape index (κ3) is 9.61. The lowest BCUT2D eigenvalue weighted by Crippen LogP contribution is -2.52. The highest BCUT2D eigenvalue weighted by Crippen LogP contribution is 2.27. The normalized spacial score (nSPS) is 13.0. The van der Waals surface area contributed by atoms with Crippen LogP contribution in [0.5, 0.6) is 5.75 Å². The van der Waals surface area contributed by atoms with Gasteiger partial charge in [0.15, 0.2) is 0 Å². The maximum absolute atomic E-state index is 13.5. The molecule has 192 valence electrons. The topological polar surface area (TPSA) is 108 Å². The van der Waals surface area contributed by atoms with Crippen LogP contribution in [0.3, 0.4) is 0 Å². The van der Waals surface area contributed by atoms with Gasteiger partial charge in [-0.2, -0.15) is 0 Å². The molecule has 0 aromatic heterocycles. The van der Waals surface area contributed by atoms with E-state index < -0.39 is 23.8 Å². The van der Waals surface area contributed by atoms with Crippen LogP contribution in [-0.4, -0.2) is 52.6 Å². The predicted octanol–water partition coefficient (Wildman–Crippen LogP) is 4.59. The Hall–Kier alpha value is -2.77. The number of hydrogen-bond donors (Lipinski definition) is 3. The van der Waals surface area contributed by atoms with E-state index in [0.29, 0.717) is 30.6 Å². The summed E-state index contributed by atoms with van der Waals surface area (Å²) >= 11 is 0. The number of carbonyl (C=O) groups is 3.